The molecule has 39 heavy (non-hydrogen) atoms. The summed E-state index contributed by atoms with van der Waals surface area (Å²) in [5.41, 5.74) is 9.80. The number of amides is 1. The quantitative estimate of drug-likeness (QED) is 0.373. The summed E-state index contributed by atoms with van der Waals surface area (Å²) in [6.07, 6.45) is 2.38. The van der Waals surface area contributed by atoms with Crippen molar-refractivity contribution in [1.82, 2.24) is 24.6 Å². The van der Waals surface area contributed by atoms with E-state index in [1.165, 1.54) is 24.5 Å². The first kappa shape index (κ1) is 26.3. The predicted molar refractivity (Wildman–Crippen MR) is 147 cm³/mol. The first-order valence-electron chi connectivity index (χ1n) is 12.6. The lowest BCUT2D eigenvalue weighted by Gasteiger charge is -2.15. The number of alkyl halides is 2. The molecule has 0 unspecified atom stereocenters. The summed E-state index contributed by atoms with van der Waals surface area (Å²) in [6, 6.07) is 9.78. The number of carbonyl (C=O) groups excluding carboxylic acids is 1. The molecule has 0 saturated carbocycles. The van der Waals surface area contributed by atoms with E-state index in [-0.39, 0.29) is 17.2 Å². The number of rotatable bonds is 4. The van der Waals surface area contributed by atoms with Gasteiger partial charge in [-0.3, -0.25) is 4.79 Å². The van der Waals surface area contributed by atoms with Gasteiger partial charge in [0, 0.05) is 42.4 Å². The summed E-state index contributed by atoms with van der Waals surface area (Å²) in [5.74, 6) is 3.06. The number of benzene rings is 2. The molecule has 200 valence electrons. The Bertz CT molecular complexity index is 1650. The van der Waals surface area contributed by atoms with Crippen LogP contribution in [0.1, 0.15) is 57.7 Å². The maximum absolute atomic E-state index is 14.0. The van der Waals surface area contributed by atoms with Crippen LogP contribution in [-0.4, -0.2) is 50.7 Å². The van der Waals surface area contributed by atoms with Crippen molar-refractivity contribution in [1.29, 1.82) is 0 Å². The van der Waals surface area contributed by atoms with Gasteiger partial charge in [-0.2, -0.15) is 5.10 Å². The Morgan fingerprint density at radius 1 is 1.13 bits per heavy atom. The molecule has 2 aromatic carbocycles. The van der Waals surface area contributed by atoms with E-state index in [4.69, 9.17) is 10.8 Å². The van der Waals surface area contributed by atoms with Crippen LogP contribution in [0.25, 0.3) is 11.0 Å². The Morgan fingerprint density at radius 2 is 1.90 bits per heavy atom. The van der Waals surface area contributed by atoms with E-state index in [0.29, 0.717) is 39.4 Å². The van der Waals surface area contributed by atoms with Crippen LogP contribution in [0.2, 0.25) is 0 Å². The largest absolute Gasteiger partial charge is 0.383 e. The van der Waals surface area contributed by atoms with Gasteiger partial charge in [0.25, 0.3) is 11.8 Å². The van der Waals surface area contributed by atoms with Gasteiger partial charge in [-0.15, -0.1) is 0 Å². The fourth-order valence-electron chi connectivity index (χ4n) is 4.85. The van der Waals surface area contributed by atoms with Crippen molar-refractivity contribution in [2.24, 2.45) is 0 Å². The molecule has 1 atom stereocenters. The van der Waals surface area contributed by atoms with Crippen molar-refractivity contribution in [3.63, 3.8) is 0 Å². The highest BCUT2D eigenvalue weighted by molar-refractivity contribution is 6.04. The fourth-order valence-corrected chi connectivity index (χ4v) is 4.85. The van der Waals surface area contributed by atoms with E-state index in [0.717, 1.165) is 32.0 Å². The summed E-state index contributed by atoms with van der Waals surface area (Å²) in [6.45, 7) is 6.15. The molecular weight excluding hydrogens is 500 g/mol. The molecule has 1 saturated heterocycles. The Labute approximate surface area is 225 Å². The molecule has 1 fully saturated rings. The number of nitrogen functional groups attached to an aromatic ring is 1. The van der Waals surface area contributed by atoms with E-state index in [1.807, 2.05) is 17.7 Å². The van der Waals surface area contributed by atoms with Crippen LogP contribution >= 0.6 is 0 Å². The maximum Gasteiger partial charge on any atom is 0.270 e. The normalized spacial score (nSPS) is 15.8. The molecule has 4 aromatic rings. The Morgan fingerprint density at radius 3 is 2.62 bits per heavy atom. The SMILES string of the molecule is Cc1ccc(NC(=O)c2ccc(C)c(C(C)(F)F)c2)cc1C#Cc1nn([C@@H]2CCN(C)C2)c2ncnc(N)c12. The number of carbonyl (C=O) groups is 1. The highest BCUT2D eigenvalue weighted by Gasteiger charge is 2.28. The number of nitrogens with one attached hydrogen (secondary N) is 1. The number of anilines is 2. The summed E-state index contributed by atoms with van der Waals surface area (Å²) in [4.78, 5) is 23.7. The van der Waals surface area contributed by atoms with Crippen LogP contribution in [0.4, 0.5) is 20.3 Å². The second kappa shape index (κ2) is 10.1. The van der Waals surface area contributed by atoms with Crippen LogP contribution in [0.5, 0.6) is 0 Å². The smallest absolute Gasteiger partial charge is 0.270 e. The van der Waals surface area contributed by atoms with Crippen LogP contribution in [0, 0.1) is 25.7 Å². The maximum atomic E-state index is 14.0. The zero-order valence-corrected chi connectivity index (χ0v) is 22.2. The molecule has 3 N–H and O–H groups in total. The van der Waals surface area contributed by atoms with Gasteiger partial charge in [-0.25, -0.2) is 23.4 Å². The number of aromatic nitrogens is 4. The molecule has 1 aliphatic rings. The van der Waals surface area contributed by atoms with Crippen molar-refractivity contribution in [3.05, 3.63) is 76.2 Å². The molecule has 0 radical (unpaired) electrons. The van der Waals surface area contributed by atoms with E-state index >= 15 is 0 Å². The number of aryl methyl sites for hydroxylation is 2. The molecule has 0 aliphatic carbocycles. The highest BCUT2D eigenvalue weighted by Crippen LogP contribution is 2.31. The zero-order chi connectivity index (χ0) is 27.9. The minimum absolute atomic E-state index is 0.148. The second-order valence-electron chi connectivity index (χ2n) is 10.1. The van der Waals surface area contributed by atoms with E-state index in [1.54, 1.807) is 19.1 Å². The van der Waals surface area contributed by atoms with Crippen molar-refractivity contribution in [3.8, 4) is 11.8 Å². The molecule has 1 amide bonds. The molecule has 1 aliphatic heterocycles. The first-order valence-corrected chi connectivity index (χ1v) is 12.6. The summed E-state index contributed by atoms with van der Waals surface area (Å²) in [7, 11) is 2.07. The van der Waals surface area contributed by atoms with Gasteiger partial charge >= 0.3 is 0 Å². The molecular formula is C29H29F2N7O. The van der Waals surface area contributed by atoms with Gasteiger partial charge in [0.2, 0.25) is 0 Å². The summed E-state index contributed by atoms with van der Waals surface area (Å²) < 4.78 is 29.8. The number of fused-ring (bicyclic) bond motifs is 1. The van der Waals surface area contributed by atoms with Crippen LogP contribution in [0.15, 0.2) is 42.7 Å². The number of halogens is 2. The van der Waals surface area contributed by atoms with Crippen LogP contribution in [0.3, 0.4) is 0 Å². The third-order valence-corrected chi connectivity index (χ3v) is 7.01. The molecule has 0 spiro atoms. The van der Waals surface area contributed by atoms with Gasteiger partial charge in [0.05, 0.1) is 11.4 Å². The zero-order valence-electron chi connectivity index (χ0n) is 22.2. The van der Waals surface area contributed by atoms with Gasteiger partial charge in [-0.05, 0) is 68.6 Å². The standard InChI is InChI=1S/C29H29F2N7O/c1-17-6-9-21(35-28(39)20-7-5-18(2)23(14-20)29(3,30)31)13-19(17)8-10-24-25-26(32)33-16-34-27(25)38(36-24)22-11-12-37(4)15-22/h5-7,9,13-14,16,22H,11-12,15H2,1-4H3,(H,35,39)(H2,32,33,34)/t22-/m1/s1. The van der Waals surface area contributed by atoms with Crippen LogP contribution < -0.4 is 11.1 Å². The van der Waals surface area contributed by atoms with Crippen molar-refractivity contribution >= 4 is 28.4 Å². The average molecular weight is 530 g/mol. The molecule has 5 rings (SSSR count). The number of likely N-dealkylation sites (tertiary alicyclic amines) is 1. The lowest BCUT2D eigenvalue weighted by molar-refractivity contribution is 0.0168. The number of nitrogens with zero attached hydrogens (tertiary/aromatic N) is 5. The third kappa shape index (κ3) is 5.31. The van der Waals surface area contributed by atoms with Gasteiger partial charge in [0.15, 0.2) is 5.65 Å². The van der Waals surface area contributed by atoms with E-state index in [2.05, 4.69) is 39.1 Å². The first-order chi connectivity index (χ1) is 18.5. The van der Waals surface area contributed by atoms with E-state index < -0.39 is 11.8 Å². The number of hydrogen-bond donors (Lipinski definition) is 2. The molecule has 2 aromatic heterocycles. The Kier molecular flexibility index (Phi) is 6.78. The van der Waals surface area contributed by atoms with Gasteiger partial charge < -0.3 is 16.0 Å². The topological polar surface area (TPSA) is 102 Å². The van der Waals surface area contributed by atoms with Crippen molar-refractivity contribution < 1.29 is 13.6 Å². The minimum atomic E-state index is -3.05. The third-order valence-electron chi connectivity index (χ3n) is 7.01. The lowest BCUT2D eigenvalue weighted by atomic mass is 10.00. The van der Waals surface area contributed by atoms with Crippen molar-refractivity contribution in [2.75, 3.05) is 31.2 Å². The molecule has 0 bridgehead atoms. The minimum Gasteiger partial charge on any atom is -0.383 e. The summed E-state index contributed by atoms with van der Waals surface area (Å²) in [5, 5.41) is 8.17. The monoisotopic (exact) mass is 529 g/mol. The van der Waals surface area contributed by atoms with E-state index in [9.17, 15) is 13.6 Å². The summed E-state index contributed by atoms with van der Waals surface area (Å²) >= 11 is 0. The molecule has 10 heteroatoms. The average Bonchev–Trinajstić information content (AvgIpc) is 3.48. The predicted octanol–water partition coefficient (Wildman–Crippen LogP) is 4.67. The number of nitrogens with two attached hydrogens (primary N) is 1. The highest BCUT2D eigenvalue weighted by atomic mass is 19.3. The van der Waals surface area contributed by atoms with Gasteiger partial charge in [0.1, 0.15) is 17.8 Å². The Balaban J connectivity index is 1.45. The molecule has 8 nitrogen and oxygen atoms in total. The molecule has 3 heterocycles. The number of likely N-dealkylation sites (N-methyl/N-ethyl adjacent to an activating group) is 1. The second-order valence-corrected chi connectivity index (χ2v) is 10.1. The fraction of sp³-hybridized carbons (Fsp3) is 0.310. The van der Waals surface area contributed by atoms with Crippen molar-refractivity contribution in [2.45, 2.75) is 39.2 Å². The van der Waals surface area contributed by atoms with Gasteiger partial charge in [-0.1, -0.05) is 18.1 Å². The lowest BCUT2D eigenvalue weighted by Crippen LogP contribution is -2.17. The number of hydrogen-bond acceptors (Lipinski definition) is 6. The Hall–Kier alpha value is -4.36. The van der Waals surface area contributed by atoms with Crippen LogP contribution in [-0.2, 0) is 5.92 Å².